The number of fused-ring (bicyclic) bond motifs is 4. The number of anilines is 1. The van der Waals surface area contributed by atoms with Crippen molar-refractivity contribution in [1.29, 1.82) is 0 Å². The van der Waals surface area contributed by atoms with E-state index in [1.165, 1.54) is 54.9 Å². The average Bonchev–Trinajstić information content (AvgIpc) is 3.94. The Kier molecular flexibility index (Phi) is 8.60. The number of allylic oxidation sites excluding steroid dienone is 2. The average molecular weight is 793 g/mol. The van der Waals surface area contributed by atoms with E-state index in [2.05, 4.69) is 240 Å². The smallest absolute Gasteiger partial charge is 0.145 e. The number of rotatable bonds is 7. The number of nitrogens with zero attached hydrogens (tertiary/aromatic N) is 4. The summed E-state index contributed by atoms with van der Waals surface area (Å²) >= 11 is 0. The van der Waals surface area contributed by atoms with Crippen LogP contribution in [0.4, 0.5) is 5.69 Å². The van der Waals surface area contributed by atoms with Crippen LogP contribution in [-0.2, 0) is 0 Å². The minimum atomic E-state index is 0.0772. The zero-order chi connectivity index (χ0) is 41.0. The van der Waals surface area contributed by atoms with Gasteiger partial charge in [-0.2, -0.15) is 0 Å². The summed E-state index contributed by atoms with van der Waals surface area (Å²) in [7, 11) is 0. The molecule has 4 nitrogen and oxygen atoms in total. The lowest BCUT2D eigenvalue weighted by atomic mass is 9.84. The lowest BCUT2D eigenvalue weighted by molar-refractivity contribution is 0.739. The Morgan fingerprint density at radius 3 is 1.61 bits per heavy atom. The van der Waals surface area contributed by atoms with Crippen LogP contribution >= 0.6 is 0 Å². The van der Waals surface area contributed by atoms with Gasteiger partial charge in [-0.25, -0.2) is 4.98 Å². The largest absolute Gasteiger partial charge is 0.317 e. The van der Waals surface area contributed by atoms with Gasteiger partial charge in [-0.15, -0.1) is 0 Å². The van der Waals surface area contributed by atoms with Crippen molar-refractivity contribution in [2.24, 2.45) is 4.99 Å². The van der Waals surface area contributed by atoms with Crippen LogP contribution in [0.2, 0.25) is 0 Å². The van der Waals surface area contributed by atoms with Crippen LogP contribution in [-0.4, -0.2) is 27.5 Å². The van der Waals surface area contributed by atoms with Crippen molar-refractivity contribution in [3.8, 4) is 50.5 Å². The van der Waals surface area contributed by atoms with Crippen LogP contribution in [0.15, 0.2) is 236 Å². The fourth-order valence-electron chi connectivity index (χ4n) is 9.63. The lowest BCUT2D eigenvalue weighted by Gasteiger charge is -2.29. The first-order valence-corrected chi connectivity index (χ1v) is 21.3. The van der Waals surface area contributed by atoms with Crippen LogP contribution in [0.25, 0.3) is 83.0 Å². The zero-order valence-electron chi connectivity index (χ0n) is 33.9. The molecule has 0 radical (unpaired) electrons. The van der Waals surface area contributed by atoms with Gasteiger partial charge in [0, 0.05) is 22.5 Å². The zero-order valence-corrected chi connectivity index (χ0v) is 33.9. The fraction of sp³-hybridized carbons (Fsp3) is 0.0345. The highest BCUT2D eigenvalue weighted by Gasteiger charge is 2.35. The molecular formula is C58H40N4. The maximum atomic E-state index is 5.22. The molecule has 0 saturated heterocycles. The standard InChI is InChI=1S/C58H40N4/c1-4-16-39(17-5-1)44-32-37-49-50(38-44)56(41-30-35-46(36-31-41)62-54-27-15-13-25-52(54)60-58(62)43-20-8-3-9-21-43)48-23-11-10-22-47(48)55(49)40-28-33-45(34-29-40)61-53-26-14-12-24-51(53)59-57(61)42-18-6-2-7-19-42/h1-38,51,53H. The lowest BCUT2D eigenvalue weighted by Crippen LogP contribution is -2.39. The first-order chi connectivity index (χ1) is 30.8. The molecule has 4 heteroatoms. The third kappa shape index (κ3) is 5.99. The predicted octanol–water partition coefficient (Wildman–Crippen LogP) is 14.1. The predicted molar refractivity (Wildman–Crippen MR) is 259 cm³/mol. The second kappa shape index (κ2) is 14.9. The van der Waals surface area contributed by atoms with Gasteiger partial charge in [0.2, 0.25) is 0 Å². The van der Waals surface area contributed by atoms with Gasteiger partial charge in [0.1, 0.15) is 11.7 Å². The first-order valence-electron chi connectivity index (χ1n) is 21.3. The number of aromatic nitrogens is 2. The van der Waals surface area contributed by atoms with Crippen molar-refractivity contribution in [1.82, 2.24) is 9.55 Å². The number of para-hydroxylation sites is 2. The maximum Gasteiger partial charge on any atom is 0.145 e. The minimum Gasteiger partial charge on any atom is -0.317 e. The SMILES string of the molecule is C1=CC2N=C(c3ccccc3)N(c3ccc(-c4c5ccccc5c(-c5ccc(-n6c(-c7ccccc7)nc7ccccc76)cc5)c5cc(-c6ccccc6)ccc45)cc3)C2C=C1. The summed E-state index contributed by atoms with van der Waals surface area (Å²) in [6, 6.07) is 74.5. The molecular weight excluding hydrogens is 753 g/mol. The van der Waals surface area contributed by atoms with Gasteiger partial charge in [0.05, 0.1) is 23.1 Å². The summed E-state index contributed by atoms with van der Waals surface area (Å²) in [4.78, 5) is 12.7. The number of hydrogen-bond acceptors (Lipinski definition) is 3. The normalized spacial score (nSPS) is 15.7. The highest BCUT2D eigenvalue weighted by atomic mass is 15.3. The topological polar surface area (TPSA) is 33.4 Å². The molecule has 2 aliphatic rings. The van der Waals surface area contributed by atoms with Crippen molar-refractivity contribution in [2.75, 3.05) is 4.90 Å². The van der Waals surface area contributed by atoms with Gasteiger partial charge in [0.25, 0.3) is 0 Å². The molecule has 12 rings (SSSR count). The Morgan fingerprint density at radius 1 is 0.387 bits per heavy atom. The molecule has 2 heterocycles. The second-order valence-corrected chi connectivity index (χ2v) is 16.1. The molecule has 10 aromatic rings. The number of imidazole rings is 1. The van der Waals surface area contributed by atoms with E-state index in [1.54, 1.807) is 0 Å². The third-order valence-corrected chi connectivity index (χ3v) is 12.5. The molecule has 1 aliphatic carbocycles. The summed E-state index contributed by atoms with van der Waals surface area (Å²) in [6.07, 6.45) is 8.74. The van der Waals surface area contributed by atoms with Gasteiger partial charge in [0.15, 0.2) is 0 Å². The first kappa shape index (κ1) is 35.8. The number of hydrogen-bond donors (Lipinski definition) is 0. The van der Waals surface area contributed by atoms with Crippen molar-refractivity contribution in [3.05, 3.63) is 236 Å². The van der Waals surface area contributed by atoms with Crippen LogP contribution in [0.5, 0.6) is 0 Å². The fourth-order valence-corrected chi connectivity index (χ4v) is 9.63. The maximum absolute atomic E-state index is 5.22. The number of benzene rings is 9. The van der Waals surface area contributed by atoms with Gasteiger partial charge < -0.3 is 4.90 Å². The van der Waals surface area contributed by atoms with Gasteiger partial charge in [-0.3, -0.25) is 9.56 Å². The molecule has 9 aromatic carbocycles. The van der Waals surface area contributed by atoms with Gasteiger partial charge in [-0.05, 0) is 97.4 Å². The Labute approximate surface area is 360 Å². The molecule has 0 amide bonds. The van der Waals surface area contributed by atoms with E-state index < -0.39 is 0 Å². The van der Waals surface area contributed by atoms with Crippen LogP contribution < -0.4 is 4.90 Å². The molecule has 62 heavy (non-hydrogen) atoms. The molecule has 0 saturated carbocycles. The molecule has 1 aromatic heterocycles. The molecule has 0 spiro atoms. The van der Waals surface area contributed by atoms with Gasteiger partial charge >= 0.3 is 0 Å². The van der Waals surface area contributed by atoms with Crippen molar-refractivity contribution < 1.29 is 0 Å². The van der Waals surface area contributed by atoms with E-state index in [1.807, 2.05) is 0 Å². The summed E-state index contributed by atoms with van der Waals surface area (Å²) in [5, 5.41) is 4.87. The molecule has 1 aliphatic heterocycles. The van der Waals surface area contributed by atoms with Gasteiger partial charge in [-0.1, -0.05) is 188 Å². The summed E-state index contributed by atoms with van der Waals surface area (Å²) in [5.41, 5.74) is 13.6. The van der Waals surface area contributed by atoms with Crippen LogP contribution in [0, 0.1) is 0 Å². The van der Waals surface area contributed by atoms with Crippen molar-refractivity contribution in [2.45, 2.75) is 12.1 Å². The Morgan fingerprint density at radius 2 is 0.919 bits per heavy atom. The van der Waals surface area contributed by atoms with Crippen molar-refractivity contribution in [3.63, 3.8) is 0 Å². The molecule has 292 valence electrons. The van der Waals surface area contributed by atoms with E-state index in [0.717, 1.165) is 45.2 Å². The molecule has 0 N–H and O–H groups in total. The molecule has 0 bridgehead atoms. The second-order valence-electron chi connectivity index (χ2n) is 16.1. The molecule has 2 unspecified atom stereocenters. The van der Waals surface area contributed by atoms with E-state index in [0.29, 0.717) is 0 Å². The summed E-state index contributed by atoms with van der Waals surface area (Å²) < 4.78 is 2.28. The number of aliphatic imine (C=N–C) groups is 1. The van der Waals surface area contributed by atoms with Crippen LogP contribution in [0.1, 0.15) is 5.56 Å². The molecule has 2 atom stereocenters. The monoisotopic (exact) mass is 792 g/mol. The van der Waals surface area contributed by atoms with E-state index >= 15 is 0 Å². The van der Waals surface area contributed by atoms with Crippen LogP contribution in [0.3, 0.4) is 0 Å². The highest BCUT2D eigenvalue weighted by Crippen LogP contribution is 2.46. The molecule has 0 fully saturated rings. The van der Waals surface area contributed by atoms with E-state index in [4.69, 9.17) is 9.98 Å². The third-order valence-electron chi connectivity index (χ3n) is 12.5. The van der Waals surface area contributed by atoms with E-state index in [-0.39, 0.29) is 12.1 Å². The summed E-state index contributed by atoms with van der Waals surface area (Å²) in [6.45, 7) is 0. The Bertz CT molecular complexity index is 3380. The Hall–Kier alpha value is -8.08. The number of amidine groups is 1. The Balaban J connectivity index is 1.02. The van der Waals surface area contributed by atoms with Crippen molar-refractivity contribution >= 4 is 44.1 Å². The minimum absolute atomic E-state index is 0.0772. The quantitative estimate of drug-likeness (QED) is 0.151. The summed E-state index contributed by atoms with van der Waals surface area (Å²) in [5.74, 6) is 1.93. The highest BCUT2D eigenvalue weighted by molar-refractivity contribution is 6.22. The van der Waals surface area contributed by atoms with E-state index in [9.17, 15) is 0 Å².